The van der Waals surface area contributed by atoms with Gasteiger partial charge in [-0.2, -0.15) is 9.97 Å². The van der Waals surface area contributed by atoms with Crippen LogP contribution in [0.2, 0.25) is 0 Å². The fraction of sp³-hybridized carbons (Fsp3) is 0.222. The summed E-state index contributed by atoms with van der Waals surface area (Å²) in [6.07, 6.45) is 0. The van der Waals surface area contributed by atoms with E-state index >= 15 is 0 Å². The van der Waals surface area contributed by atoms with E-state index in [0.717, 1.165) is 27.9 Å². The van der Waals surface area contributed by atoms with E-state index < -0.39 is 0 Å². The normalized spacial score (nSPS) is 14.1. The molecule has 0 N–H and O–H groups in total. The van der Waals surface area contributed by atoms with Gasteiger partial charge in [0.15, 0.2) is 23.0 Å². The molecule has 0 saturated carbocycles. The Balaban J connectivity index is 1.74. The van der Waals surface area contributed by atoms with Crippen LogP contribution in [0, 0.1) is 0 Å². The number of aromatic nitrogens is 2. The summed E-state index contributed by atoms with van der Waals surface area (Å²) in [6.45, 7) is 2.81. The van der Waals surface area contributed by atoms with Crippen LogP contribution in [0.25, 0.3) is 22.2 Å². The van der Waals surface area contributed by atoms with Crippen molar-refractivity contribution in [3.63, 3.8) is 0 Å². The van der Waals surface area contributed by atoms with E-state index in [9.17, 15) is 0 Å². The molecule has 0 bridgehead atoms. The van der Waals surface area contributed by atoms with E-state index in [4.69, 9.17) is 23.7 Å². The maximum Gasteiger partial charge on any atom is 0.317 e. The average molecular weight is 338 g/mol. The summed E-state index contributed by atoms with van der Waals surface area (Å²) in [5.74, 6) is 2.78. The molecular formula is C18H14N2O5. The van der Waals surface area contributed by atoms with Crippen LogP contribution in [0.4, 0.5) is 0 Å². The summed E-state index contributed by atoms with van der Waals surface area (Å²) in [7, 11) is 0. The fourth-order valence-corrected chi connectivity index (χ4v) is 2.95. The van der Waals surface area contributed by atoms with E-state index in [-0.39, 0.29) is 13.6 Å². The molecular weight excluding hydrogens is 324 g/mol. The van der Waals surface area contributed by atoms with Gasteiger partial charge >= 0.3 is 6.01 Å². The second-order valence-corrected chi connectivity index (χ2v) is 5.58. The first-order valence-electron chi connectivity index (χ1n) is 7.96. The lowest BCUT2D eigenvalue weighted by atomic mass is 10.1. The zero-order valence-electron chi connectivity index (χ0n) is 13.4. The monoisotopic (exact) mass is 338 g/mol. The van der Waals surface area contributed by atoms with Gasteiger partial charge in [-0.1, -0.05) is 0 Å². The molecule has 0 spiro atoms. The third kappa shape index (κ3) is 2.27. The summed E-state index contributed by atoms with van der Waals surface area (Å²) in [5, 5.41) is 0.853. The SMILES string of the molecule is CCOc1nc(-c2ccc3c(c2)OCO3)c2cc3c(cc2n1)OCO3. The highest BCUT2D eigenvalue weighted by Gasteiger charge is 2.21. The number of fused-ring (bicyclic) bond motifs is 3. The van der Waals surface area contributed by atoms with Crippen molar-refractivity contribution in [3.8, 4) is 40.3 Å². The minimum Gasteiger partial charge on any atom is -0.464 e. The minimum absolute atomic E-state index is 0.205. The Morgan fingerprint density at radius 3 is 2.40 bits per heavy atom. The minimum atomic E-state index is 0.205. The van der Waals surface area contributed by atoms with Crippen molar-refractivity contribution < 1.29 is 23.7 Å². The number of rotatable bonds is 3. The molecule has 7 nitrogen and oxygen atoms in total. The lowest BCUT2D eigenvalue weighted by molar-refractivity contribution is 0.173. The highest BCUT2D eigenvalue weighted by molar-refractivity contribution is 5.95. The number of nitrogens with zero attached hydrogens (tertiary/aromatic N) is 2. The predicted octanol–water partition coefficient (Wildman–Crippen LogP) is 3.15. The zero-order chi connectivity index (χ0) is 16.8. The van der Waals surface area contributed by atoms with Crippen LogP contribution in [0.1, 0.15) is 6.92 Å². The van der Waals surface area contributed by atoms with Crippen LogP contribution < -0.4 is 23.7 Å². The first-order valence-corrected chi connectivity index (χ1v) is 7.96. The van der Waals surface area contributed by atoms with E-state index in [1.54, 1.807) is 0 Å². The maximum absolute atomic E-state index is 5.54. The van der Waals surface area contributed by atoms with Crippen molar-refractivity contribution in [1.82, 2.24) is 9.97 Å². The van der Waals surface area contributed by atoms with Gasteiger partial charge in [-0.3, -0.25) is 0 Å². The summed E-state index contributed by atoms with van der Waals surface area (Å²) in [6, 6.07) is 9.78. The fourth-order valence-electron chi connectivity index (χ4n) is 2.95. The van der Waals surface area contributed by atoms with Crippen molar-refractivity contribution in [2.24, 2.45) is 0 Å². The Morgan fingerprint density at radius 1 is 0.880 bits per heavy atom. The molecule has 0 amide bonds. The Hall–Kier alpha value is -3.22. The smallest absolute Gasteiger partial charge is 0.317 e. The van der Waals surface area contributed by atoms with Gasteiger partial charge in [0.25, 0.3) is 0 Å². The summed E-state index contributed by atoms with van der Waals surface area (Å²) < 4.78 is 27.4. The van der Waals surface area contributed by atoms with Crippen molar-refractivity contribution >= 4 is 10.9 Å². The quantitative estimate of drug-likeness (QED) is 0.726. The van der Waals surface area contributed by atoms with Crippen LogP contribution in [0.3, 0.4) is 0 Å². The molecule has 0 radical (unpaired) electrons. The largest absolute Gasteiger partial charge is 0.464 e. The van der Waals surface area contributed by atoms with Crippen molar-refractivity contribution in [3.05, 3.63) is 30.3 Å². The highest BCUT2D eigenvalue weighted by Crippen LogP contribution is 2.41. The third-order valence-corrected chi connectivity index (χ3v) is 4.09. The second-order valence-electron chi connectivity index (χ2n) is 5.58. The molecule has 5 rings (SSSR count). The first-order chi connectivity index (χ1) is 12.3. The molecule has 2 aromatic carbocycles. The Kier molecular flexibility index (Phi) is 3.06. The molecule has 126 valence electrons. The van der Waals surface area contributed by atoms with Crippen molar-refractivity contribution in [2.75, 3.05) is 20.2 Å². The molecule has 7 heteroatoms. The van der Waals surface area contributed by atoms with E-state index in [0.29, 0.717) is 29.9 Å². The number of benzene rings is 2. The highest BCUT2D eigenvalue weighted by atomic mass is 16.7. The van der Waals surface area contributed by atoms with Gasteiger partial charge in [0, 0.05) is 17.0 Å². The molecule has 3 heterocycles. The first kappa shape index (κ1) is 14.2. The molecule has 25 heavy (non-hydrogen) atoms. The zero-order valence-corrected chi connectivity index (χ0v) is 13.4. The van der Waals surface area contributed by atoms with Crippen LogP contribution in [-0.2, 0) is 0 Å². The molecule has 0 saturated heterocycles. The Morgan fingerprint density at radius 2 is 1.60 bits per heavy atom. The van der Waals surface area contributed by atoms with Crippen LogP contribution in [-0.4, -0.2) is 30.2 Å². The molecule has 0 atom stereocenters. The van der Waals surface area contributed by atoms with E-state index in [2.05, 4.69) is 9.97 Å². The predicted molar refractivity (Wildman–Crippen MR) is 88.4 cm³/mol. The second kappa shape index (κ2) is 5.41. The Bertz CT molecular complexity index is 989. The maximum atomic E-state index is 5.54. The molecule has 3 aromatic rings. The molecule has 0 aliphatic carbocycles. The van der Waals surface area contributed by atoms with Gasteiger partial charge in [0.1, 0.15) is 0 Å². The lowest BCUT2D eigenvalue weighted by Gasteiger charge is -2.10. The van der Waals surface area contributed by atoms with Gasteiger partial charge in [-0.25, -0.2) is 0 Å². The average Bonchev–Trinajstić information content (AvgIpc) is 3.27. The van der Waals surface area contributed by atoms with E-state index in [1.165, 1.54) is 0 Å². The molecule has 1 aromatic heterocycles. The summed E-state index contributed by atoms with van der Waals surface area (Å²) in [4.78, 5) is 9.06. The number of hydrogen-bond donors (Lipinski definition) is 0. The Labute approximate surface area is 143 Å². The van der Waals surface area contributed by atoms with Crippen molar-refractivity contribution in [2.45, 2.75) is 6.92 Å². The molecule has 0 fully saturated rings. The van der Waals surface area contributed by atoms with Gasteiger partial charge in [0.05, 0.1) is 17.8 Å². The van der Waals surface area contributed by atoms with Gasteiger partial charge in [-0.05, 0) is 31.2 Å². The van der Waals surface area contributed by atoms with Gasteiger partial charge < -0.3 is 23.7 Å². The van der Waals surface area contributed by atoms with Crippen LogP contribution in [0.15, 0.2) is 30.3 Å². The summed E-state index contributed by atoms with van der Waals surface area (Å²) >= 11 is 0. The molecule has 2 aliphatic heterocycles. The summed E-state index contributed by atoms with van der Waals surface area (Å²) in [5.41, 5.74) is 2.36. The molecule has 2 aliphatic rings. The van der Waals surface area contributed by atoms with Crippen LogP contribution in [0.5, 0.6) is 29.0 Å². The van der Waals surface area contributed by atoms with Crippen molar-refractivity contribution in [1.29, 1.82) is 0 Å². The molecule has 0 unspecified atom stereocenters. The lowest BCUT2D eigenvalue weighted by Crippen LogP contribution is -2.00. The third-order valence-electron chi connectivity index (χ3n) is 4.09. The number of ether oxygens (including phenoxy) is 5. The van der Waals surface area contributed by atoms with Gasteiger partial charge in [0.2, 0.25) is 13.6 Å². The van der Waals surface area contributed by atoms with Crippen LogP contribution >= 0.6 is 0 Å². The van der Waals surface area contributed by atoms with E-state index in [1.807, 2.05) is 37.3 Å². The topological polar surface area (TPSA) is 71.9 Å². The van der Waals surface area contributed by atoms with Gasteiger partial charge in [-0.15, -0.1) is 0 Å². The standard InChI is InChI=1S/C18H14N2O5/c1-2-21-18-19-12-7-16-15(24-9-25-16)6-11(12)17(20-18)10-3-4-13-14(5-10)23-8-22-13/h3-7H,2,8-9H2,1H3. The number of hydrogen-bond acceptors (Lipinski definition) is 7.